The van der Waals surface area contributed by atoms with E-state index in [0.717, 1.165) is 15.8 Å². The van der Waals surface area contributed by atoms with Crippen LogP contribution in [-0.4, -0.2) is 15.2 Å². The normalized spacial score (nSPS) is 10.9. The number of rotatable bonds is 2. The van der Waals surface area contributed by atoms with Crippen molar-refractivity contribution in [3.8, 4) is 10.4 Å². The van der Waals surface area contributed by atoms with Crippen molar-refractivity contribution in [2.75, 3.05) is 0 Å². The first-order valence-electron chi connectivity index (χ1n) is 5.40. The van der Waals surface area contributed by atoms with Crippen LogP contribution in [0.15, 0.2) is 34.7 Å². The lowest BCUT2D eigenvalue weighted by atomic mass is 10.1. The first-order valence-corrected chi connectivity index (χ1v) is 6.28. The Morgan fingerprint density at radius 3 is 2.94 bits per heavy atom. The molecule has 5 nitrogen and oxygen atoms in total. The van der Waals surface area contributed by atoms with E-state index in [0.29, 0.717) is 17.6 Å². The molecule has 0 fully saturated rings. The van der Waals surface area contributed by atoms with Gasteiger partial charge in [-0.1, -0.05) is 6.07 Å². The van der Waals surface area contributed by atoms with Gasteiger partial charge in [-0.15, -0.1) is 11.3 Å². The standard InChI is InChI=1S/C12H10N4OS/c13-4-10-9-3-7(11-5-14-6-18-11)1-2-8(9)12(17)16-15-10/h1-3,5-6H,4,13H2,(H,16,17). The molecule has 0 aliphatic carbocycles. The molecule has 3 rings (SSSR count). The maximum Gasteiger partial charge on any atom is 0.272 e. The molecule has 3 N–H and O–H groups in total. The number of hydrogen-bond acceptors (Lipinski definition) is 5. The van der Waals surface area contributed by atoms with Crippen LogP contribution in [0.5, 0.6) is 0 Å². The zero-order valence-electron chi connectivity index (χ0n) is 9.38. The van der Waals surface area contributed by atoms with Gasteiger partial charge in [0, 0.05) is 18.1 Å². The molecular weight excluding hydrogens is 248 g/mol. The van der Waals surface area contributed by atoms with Gasteiger partial charge in [0.2, 0.25) is 0 Å². The molecule has 0 radical (unpaired) electrons. The van der Waals surface area contributed by atoms with E-state index in [1.807, 2.05) is 12.1 Å². The second kappa shape index (κ2) is 4.32. The first kappa shape index (κ1) is 11.1. The minimum Gasteiger partial charge on any atom is -0.325 e. The Balaban J connectivity index is 2.31. The molecule has 0 amide bonds. The Hall–Kier alpha value is -2.05. The fourth-order valence-electron chi connectivity index (χ4n) is 1.89. The van der Waals surface area contributed by atoms with Crippen LogP contribution in [0.3, 0.4) is 0 Å². The van der Waals surface area contributed by atoms with E-state index >= 15 is 0 Å². The number of nitrogens with one attached hydrogen (secondary N) is 1. The number of fused-ring (bicyclic) bond motifs is 1. The summed E-state index contributed by atoms with van der Waals surface area (Å²) < 4.78 is 0. The Labute approximate surface area is 106 Å². The van der Waals surface area contributed by atoms with E-state index in [2.05, 4.69) is 15.2 Å². The van der Waals surface area contributed by atoms with E-state index in [1.54, 1.807) is 29.1 Å². The van der Waals surface area contributed by atoms with Gasteiger partial charge >= 0.3 is 0 Å². The summed E-state index contributed by atoms with van der Waals surface area (Å²) >= 11 is 1.55. The number of thiazole rings is 1. The molecule has 0 saturated carbocycles. The number of aromatic amines is 1. The monoisotopic (exact) mass is 258 g/mol. The van der Waals surface area contributed by atoms with Gasteiger partial charge in [0.15, 0.2) is 0 Å². The van der Waals surface area contributed by atoms with Crippen LogP contribution in [0.2, 0.25) is 0 Å². The molecule has 3 aromatic rings. The van der Waals surface area contributed by atoms with Gasteiger partial charge in [0.1, 0.15) is 0 Å². The molecular formula is C12H10N4OS. The third-order valence-electron chi connectivity index (χ3n) is 2.78. The molecule has 0 saturated heterocycles. The molecule has 0 unspecified atom stereocenters. The summed E-state index contributed by atoms with van der Waals surface area (Å²) in [4.78, 5) is 16.8. The van der Waals surface area contributed by atoms with E-state index in [-0.39, 0.29) is 5.56 Å². The van der Waals surface area contributed by atoms with E-state index in [1.165, 1.54) is 0 Å². The lowest BCUT2D eigenvalue weighted by Gasteiger charge is -2.04. The molecule has 0 spiro atoms. The van der Waals surface area contributed by atoms with Crippen molar-refractivity contribution in [2.45, 2.75) is 6.54 Å². The molecule has 1 aromatic carbocycles. The van der Waals surface area contributed by atoms with Crippen molar-refractivity contribution in [3.63, 3.8) is 0 Å². The summed E-state index contributed by atoms with van der Waals surface area (Å²) in [6, 6.07) is 5.64. The molecule has 0 aliphatic rings. The van der Waals surface area contributed by atoms with Gasteiger partial charge in [-0.05, 0) is 17.7 Å². The zero-order valence-corrected chi connectivity index (χ0v) is 10.2. The Bertz CT molecular complexity index is 748. The van der Waals surface area contributed by atoms with Crippen molar-refractivity contribution in [2.24, 2.45) is 5.73 Å². The Kier molecular flexibility index (Phi) is 2.66. The summed E-state index contributed by atoms with van der Waals surface area (Å²) in [5, 5.41) is 7.83. The van der Waals surface area contributed by atoms with Crippen molar-refractivity contribution in [3.05, 3.63) is 46.0 Å². The van der Waals surface area contributed by atoms with Gasteiger partial charge in [-0.3, -0.25) is 9.78 Å². The van der Waals surface area contributed by atoms with Gasteiger partial charge in [0.05, 0.1) is 21.5 Å². The minimum absolute atomic E-state index is 0.196. The highest BCUT2D eigenvalue weighted by Gasteiger charge is 2.07. The maximum atomic E-state index is 11.7. The number of nitrogens with two attached hydrogens (primary N) is 1. The third-order valence-corrected chi connectivity index (χ3v) is 3.60. The van der Waals surface area contributed by atoms with Crippen molar-refractivity contribution in [1.82, 2.24) is 15.2 Å². The Morgan fingerprint density at radius 2 is 2.22 bits per heavy atom. The summed E-state index contributed by atoms with van der Waals surface area (Å²) in [6.45, 7) is 0.291. The fourth-order valence-corrected chi connectivity index (χ4v) is 2.51. The topological polar surface area (TPSA) is 84.7 Å². The van der Waals surface area contributed by atoms with Crippen LogP contribution in [0, 0.1) is 0 Å². The molecule has 0 aliphatic heterocycles. The Morgan fingerprint density at radius 1 is 1.33 bits per heavy atom. The summed E-state index contributed by atoms with van der Waals surface area (Å²) in [5.74, 6) is 0. The number of aromatic nitrogens is 3. The fraction of sp³-hybridized carbons (Fsp3) is 0.0833. The largest absolute Gasteiger partial charge is 0.325 e. The van der Waals surface area contributed by atoms with Crippen LogP contribution >= 0.6 is 11.3 Å². The predicted octanol–water partition coefficient (Wildman–Crippen LogP) is 1.51. The predicted molar refractivity (Wildman–Crippen MR) is 71.4 cm³/mol. The molecule has 6 heteroatoms. The molecule has 90 valence electrons. The first-order chi connectivity index (χ1) is 8.79. The van der Waals surface area contributed by atoms with Gasteiger partial charge in [-0.2, -0.15) is 5.10 Å². The molecule has 18 heavy (non-hydrogen) atoms. The second-order valence-corrected chi connectivity index (χ2v) is 4.72. The van der Waals surface area contributed by atoms with Crippen molar-refractivity contribution >= 4 is 22.1 Å². The number of nitrogens with zero attached hydrogens (tertiary/aromatic N) is 2. The zero-order chi connectivity index (χ0) is 12.5. The van der Waals surface area contributed by atoms with Crippen LogP contribution in [-0.2, 0) is 6.54 Å². The smallest absolute Gasteiger partial charge is 0.272 e. The van der Waals surface area contributed by atoms with E-state index in [9.17, 15) is 4.79 Å². The van der Waals surface area contributed by atoms with Crippen LogP contribution in [0.25, 0.3) is 21.2 Å². The molecule has 0 bridgehead atoms. The number of benzene rings is 1. The molecule has 2 heterocycles. The molecule has 0 atom stereocenters. The van der Waals surface area contributed by atoms with Gasteiger partial charge in [0.25, 0.3) is 5.56 Å². The highest BCUT2D eigenvalue weighted by atomic mass is 32.1. The highest BCUT2D eigenvalue weighted by Crippen LogP contribution is 2.26. The van der Waals surface area contributed by atoms with E-state index in [4.69, 9.17) is 5.73 Å². The van der Waals surface area contributed by atoms with E-state index < -0.39 is 0 Å². The number of H-pyrrole nitrogens is 1. The quantitative estimate of drug-likeness (QED) is 0.729. The van der Waals surface area contributed by atoms with Gasteiger partial charge in [-0.25, -0.2) is 5.10 Å². The average molecular weight is 258 g/mol. The second-order valence-electron chi connectivity index (χ2n) is 3.83. The SMILES string of the molecule is NCc1n[nH]c(=O)c2ccc(-c3cncs3)cc12. The third kappa shape index (κ3) is 1.71. The minimum atomic E-state index is -0.196. The highest BCUT2D eigenvalue weighted by molar-refractivity contribution is 7.13. The lowest BCUT2D eigenvalue weighted by Crippen LogP contribution is -2.13. The summed E-state index contributed by atoms with van der Waals surface area (Å²) in [7, 11) is 0. The summed E-state index contributed by atoms with van der Waals surface area (Å²) in [5.41, 5.74) is 8.93. The van der Waals surface area contributed by atoms with Crippen LogP contribution in [0.4, 0.5) is 0 Å². The summed E-state index contributed by atoms with van der Waals surface area (Å²) in [6.07, 6.45) is 1.80. The van der Waals surface area contributed by atoms with Crippen LogP contribution < -0.4 is 11.3 Å². The molecule has 2 aromatic heterocycles. The van der Waals surface area contributed by atoms with Gasteiger partial charge < -0.3 is 5.73 Å². The average Bonchev–Trinajstić information content (AvgIpc) is 2.93. The van der Waals surface area contributed by atoms with Crippen molar-refractivity contribution < 1.29 is 0 Å². The lowest BCUT2D eigenvalue weighted by molar-refractivity contribution is 0.900. The van der Waals surface area contributed by atoms with Crippen molar-refractivity contribution in [1.29, 1.82) is 0 Å². The van der Waals surface area contributed by atoms with Crippen LogP contribution in [0.1, 0.15) is 5.69 Å². The number of hydrogen-bond donors (Lipinski definition) is 2. The maximum absolute atomic E-state index is 11.7.